The average Bonchev–Trinajstić information content (AvgIpc) is 2.71. The van der Waals surface area contributed by atoms with Crippen LogP contribution in [0.2, 0.25) is 5.02 Å². The Bertz CT molecular complexity index is 605. The number of halogens is 1. The minimum absolute atomic E-state index is 0.296. The molecule has 0 aliphatic rings. The fourth-order valence-electron chi connectivity index (χ4n) is 1.48. The smallest absolute Gasteiger partial charge is 0.195 e. The summed E-state index contributed by atoms with van der Waals surface area (Å²) in [6.45, 7) is 4.57. The van der Waals surface area contributed by atoms with Crippen molar-refractivity contribution in [3.8, 4) is 5.75 Å². The van der Waals surface area contributed by atoms with Crippen LogP contribution in [-0.2, 0) is 13.2 Å². The highest BCUT2D eigenvalue weighted by molar-refractivity contribution is 7.71. The van der Waals surface area contributed by atoms with E-state index in [0.717, 1.165) is 0 Å². The molecular weight excluding hydrogens is 270 g/mol. The maximum atomic E-state index is 6.00. The lowest BCUT2D eigenvalue weighted by Crippen LogP contribution is -2.06. The van der Waals surface area contributed by atoms with Crippen LogP contribution in [0.4, 0.5) is 0 Å². The first-order valence-corrected chi connectivity index (χ1v) is 6.13. The lowest BCUT2D eigenvalue weighted by Gasteiger charge is -2.08. The van der Waals surface area contributed by atoms with Gasteiger partial charge in [0.05, 0.1) is 5.02 Å². The van der Waals surface area contributed by atoms with Gasteiger partial charge in [-0.25, -0.2) is 0 Å². The number of allylic oxidation sites excluding steroid dienone is 1. The molecule has 2 aromatic rings. The number of hydrogen-bond acceptors (Lipinski definition) is 3. The van der Waals surface area contributed by atoms with Gasteiger partial charge in [0.2, 0.25) is 0 Å². The van der Waals surface area contributed by atoms with Gasteiger partial charge in [-0.1, -0.05) is 29.8 Å². The Morgan fingerprint density at radius 1 is 1.50 bits per heavy atom. The molecule has 0 spiro atoms. The molecule has 1 heterocycles. The Morgan fingerprint density at radius 3 is 3.00 bits per heavy atom. The molecule has 0 atom stereocenters. The van der Waals surface area contributed by atoms with E-state index in [1.54, 1.807) is 18.2 Å². The molecule has 94 valence electrons. The van der Waals surface area contributed by atoms with Crippen molar-refractivity contribution in [2.45, 2.75) is 13.2 Å². The number of benzene rings is 1. The normalized spacial score (nSPS) is 10.3. The third kappa shape index (κ3) is 2.80. The number of ether oxygens (including phenoxy) is 1. The summed E-state index contributed by atoms with van der Waals surface area (Å²) in [4.78, 5) is 0. The number of H-pyrrole nitrogens is 1. The van der Waals surface area contributed by atoms with Crippen LogP contribution >= 0.6 is 23.8 Å². The first-order chi connectivity index (χ1) is 8.72. The summed E-state index contributed by atoms with van der Waals surface area (Å²) in [7, 11) is 0. The van der Waals surface area contributed by atoms with Crippen molar-refractivity contribution in [2.75, 3.05) is 0 Å². The first kappa shape index (κ1) is 12.9. The van der Waals surface area contributed by atoms with E-state index in [9.17, 15) is 0 Å². The summed E-state index contributed by atoms with van der Waals surface area (Å²) in [5.41, 5.74) is 0. The molecule has 0 fully saturated rings. The van der Waals surface area contributed by atoms with E-state index >= 15 is 0 Å². The minimum Gasteiger partial charge on any atom is -0.484 e. The predicted octanol–water partition coefficient (Wildman–Crippen LogP) is 3.36. The van der Waals surface area contributed by atoms with Crippen molar-refractivity contribution in [2.24, 2.45) is 0 Å². The summed E-state index contributed by atoms with van der Waals surface area (Å²) in [6.07, 6.45) is 1.75. The van der Waals surface area contributed by atoms with Crippen molar-refractivity contribution >= 4 is 23.8 Å². The molecule has 4 nitrogen and oxygen atoms in total. The van der Waals surface area contributed by atoms with Gasteiger partial charge in [-0.15, -0.1) is 6.58 Å². The molecule has 0 saturated carbocycles. The monoisotopic (exact) mass is 281 g/mol. The zero-order chi connectivity index (χ0) is 13.0. The predicted molar refractivity (Wildman–Crippen MR) is 73.4 cm³/mol. The fraction of sp³-hybridized carbons (Fsp3) is 0.167. The van der Waals surface area contributed by atoms with Crippen LogP contribution in [-0.4, -0.2) is 14.8 Å². The summed E-state index contributed by atoms with van der Waals surface area (Å²) in [5, 5.41) is 7.41. The summed E-state index contributed by atoms with van der Waals surface area (Å²) < 4.78 is 7.97. The average molecular weight is 282 g/mol. The van der Waals surface area contributed by atoms with Crippen molar-refractivity contribution in [3.63, 3.8) is 0 Å². The Labute approximate surface area is 115 Å². The number of para-hydroxylation sites is 1. The maximum Gasteiger partial charge on any atom is 0.195 e. The van der Waals surface area contributed by atoms with Gasteiger partial charge in [0, 0.05) is 6.54 Å². The van der Waals surface area contributed by atoms with Gasteiger partial charge in [-0.05, 0) is 24.4 Å². The number of rotatable bonds is 5. The summed E-state index contributed by atoms with van der Waals surface area (Å²) >= 11 is 11.1. The van der Waals surface area contributed by atoms with E-state index in [-0.39, 0.29) is 0 Å². The van der Waals surface area contributed by atoms with Crippen LogP contribution in [0.25, 0.3) is 0 Å². The largest absolute Gasteiger partial charge is 0.484 e. The lowest BCUT2D eigenvalue weighted by atomic mass is 10.3. The topological polar surface area (TPSA) is 42.8 Å². The molecule has 0 bridgehead atoms. The van der Waals surface area contributed by atoms with Gasteiger partial charge in [0.1, 0.15) is 12.4 Å². The Balaban J connectivity index is 2.13. The lowest BCUT2D eigenvalue weighted by molar-refractivity contribution is 0.290. The molecule has 0 aliphatic heterocycles. The zero-order valence-corrected chi connectivity index (χ0v) is 11.2. The third-order valence-corrected chi connectivity index (χ3v) is 2.97. The molecule has 1 aromatic heterocycles. The molecule has 0 radical (unpaired) electrons. The van der Waals surface area contributed by atoms with Crippen LogP contribution in [0.3, 0.4) is 0 Å². The molecular formula is C12H12ClN3OS. The highest BCUT2D eigenvalue weighted by atomic mass is 35.5. The molecule has 1 N–H and O–H groups in total. The molecule has 0 saturated heterocycles. The quantitative estimate of drug-likeness (QED) is 0.675. The van der Waals surface area contributed by atoms with Gasteiger partial charge < -0.3 is 4.74 Å². The van der Waals surface area contributed by atoms with Crippen molar-refractivity contribution in [3.05, 3.63) is 52.5 Å². The van der Waals surface area contributed by atoms with Gasteiger partial charge >= 0.3 is 0 Å². The van der Waals surface area contributed by atoms with Crippen LogP contribution in [0.15, 0.2) is 36.9 Å². The number of aromatic nitrogens is 3. The number of nitrogens with one attached hydrogen (secondary N) is 1. The minimum atomic E-state index is 0.296. The van der Waals surface area contributed by atoms with Crippen LogP contribution < -0.4 is 4.74 Å². The number of hydrogen-bond donors (Lipinski definition) is 1. The number of aromatic amines is 1. The maximum absolute atomic E-state index is 6.00. The van der Waals surface area contributed by atoms with E-state index in [1.807, 2.05) is 16.7 Å². The van der Waals surface area contributed by atoms with Gasteiger partial charge in [-0.3, -0.25) is 9.67 Å². The molecule has 0 amide bonds. The van der Waals surface area contributed by atoms with Crippen LogP contribution in [0.5, 0.6) is 5.75 Å². The highest BCUT2D eigenvalue weighted by Crippen LogP contribution is 2.23. The molecule has 18 heavy (non-hydrogen) atoms. The van der Waals surface area contributed by atoms with Gasteiger partial charge in [0.15, 0.2) is 10.6 Å². The molecule has 0 aliphatic carbocycles. The van der Waals surface area contributed by atoms with E-state index in [4.69, 9.17) is 28.6 Å². The summed E-state index contributed by atoms with van der Waals surface area (Å²) in [6, 6.07) is 7.30. The zero-order valence-electron chi connectivity index (χ0n) is 9.60. The van der Waals surface area contributed by atoms with Crippen LogP contribution in [0, 0.1) is 4.77 Å². The van der Waals surface area contributed by atoms with E-state index in [0.29, 0.717) is 34.5 Å². The highest BCUT2D eigenvalue weighted by Gasteiger charge is 2.07. The third-order valence-electron chi connectivity index (χ3n) is 2.34. The van der Waals surface area contributed by atoms with E-state index in [2.05, 4.69) is 16.8 Å². The second-order valence-corrected chi connectivity index (χ2v) is 4.36. The Morgan fingerprint density at radius 2 is 2.28 bits per heavy atom. The molecule has 1 aromatic carbocycles. The van der Waals surface area contributed by atoms with Gasteiger partial charge in [0.25, 0.3) is 0 Å². The SMILES string of the molecule is C=CCn1c(COc2ccccc2Cl)n[nH]c1=S. The summed E-state index contributed by atoms with van der Waals surface area (Å²) in [5.74, 6) is 1.33. The second-order valence-electron chi connectivity index (χ2n) is 3.56. The molecule has 2 rings (SSSR count). The second kappa shape index (κ2) is 5.84. The van der Waals surface area contributed by atoms with Crippen LogP contribution in [0.1, 0.15) is 5.82 Å². The van der Waals surface area contributed by atoms with Gasteiger partial charge in [-0.2, -0.15) is 5.10 Å². The number of nitrogens with zero attached hydrogens (tertiary/aromatic N) is 2. The first-order valence-electron chi connectivity index (χ1n) is 5.34. The van der Waals surface area contributed by atoms with Crippen molar-refractivity contribution < 1.29 is 4.74 Å². The Hall–Kier alpha value is -1.59. The molecule has 6 heteroatoms. The van der Waals surface area contributed by atoms with E-state index in [1.165, 1.54) is 0 Å². The standard InChI is InChI=1S/C12H12ClN3OS/c1-2-7-16-11(14-15-12(16)18)8-17-10-6-4-3-5-9(10)13/h2-6H,1,7-8H2,(H,15,18). The van der Waals surface area contributed by atoms with Crippen molar-refractivity contribution in [1.82, 2.24) is 14.8 Å². The van der Waals surface area contributed by atoms with E-state index < -0.39 is 0 Å². The Kier molecular flexibility index (Phi) is 4.17. The fourth-order valence-corrected chi connectivity index (χ4v) is 1.90. The molecule has 0 unspecified atom stereocenters. The van der Waals surface area contributed by atoms with Crippen molar-refractivity contribution in [1.29, 1.82) is 0 Å².